The number of halogens is 1. The van der Waals surface area contributed by atoms with Gasteiger partial charge in [0.25, 0.3) is 0 Å². The Balaban J connectivity index is 2.37. The highest BCUT2D eigenvalue weighted by molar-refractivity contribution is 7.80. The predicted octanol–water partition coefficient (Wildman–Crippen LogP) is 3.48. The third kappa shape index (κ3) is 2.94. The molecule has 2 rings (SSSR count). The summed E-state index contributed by atoms with van der Waals surface area (Å²) in [6.45, 7) is 1.94. The van der Waals surface area contributed by atoms with Gasteiger partial charge in [-0.3, -0.25) is 0 Å². The molecular formula is C11H10ClN3S2. The number of nitrogens with one attached hydrogen (secondary N) is 1. The summed E-state index contributed by atoms with van der Waals surface area (Å²) in [5.41, 5.74) is 8.16. The van der Waals surface area contributed by atoms with Crippen LogP contribution in [0.2, 0.25) is 5.02 Å². The van der Waals surface area contributed by atoms with Crippen molar-refractivity contribution < 1.29 is 0 Å². The Kier molecular flexibility index (Phi) is 3.61. The van der Waals surface area contributed by atoms with Crippen LogP contribution in [-0.2, 0) is 0 Å². The zero-order chi connectivity index (χ0) is 12.4. The summed E-state index contributed by atoms with van der Waals surface area (Å²) in [5, 5.41) is 6.56. The number of thiocarbonyl (C=S) groups is 1. The van der Waals surface area contributed by atoms with Crippen LogP contribution in [0.15, 0.2) is 23.6 Å². The average Bonchev–Trinajstić information content (AvgIpc) is 2.63. The molecule has 88 valence electrons. The maximum Gasteiger partial charge on any atom is 0.187 e. The lowest BCUT2D eigenvalue weighted by atomic mass is 10.2. The van der Waals surface area contributed by atoms with E-state index in [0.29, 0.717) is 10.0 Å². The summed E-state index contributed by atoms with van der Waals surface area (Å²) in [5.74, 6) is 0. The third-order valence-corrected chi connectivity index (χ3v) is 3.44. The van der Waals surface area contributed by atoms with Crippen LogP contribution in [0.3, 0.4) is 0 Å². The van der Waals surface area contributed by atoms with Gasteiger partial charge in [0.05, 0.1) is 11.4 Å². The van der Waals surface area contributed by atoms with Gasteiger partial charge >= 0.3 is 0 Å². The molecule has 0 spiro atoms. The van der Waals surface area contributed by atoms with Gasteiger partial charge in [-0.2, -0.15) is 0 Å². The van der Waals surface area contributed by atoms with E-state index in [4.69, 9.17) is 29.6 Å². The number of aryl methyl sites for hydroxylation is 1. The highest BCUT2D eigenvalue weighted by atomic mass is 35.5. The van der Waals surface area contributed by atoms with E-state index in [-0.39, 0.29) is 0 Å². The van der Waals surface area contributed by atoms with E-state index in [1.807, 2.05) is 12.3 Å². The lowest BCUT2D eigenvalue weighted by Crippen LogP contribution is -2.11. The van der Waals surface area contributed by atoms with Crippen molar-refractivity contribution in [3.8, 4) is 0 Å². The molecule has 17 heavy (non-hydrogen) atoms. The number of thiazole rings is 1. The van der Waals surface area contributed by atoms with Crippen LogP contribution in [0.4, 0.5) is 10.8 Å². The van der Waals surface area contributed by atoms with Gasteiger partial charge in [-0.15, -0.1) is 11.3 Å². The molecule has 0 aliphatic heterocycles. The fourth-order valence-electron chi connectivity index (χ4n) is 1.36. The topological polar surface area (TPSA) is 50.9 Å². The van der Waals surface area contributed by atoms with Crippen molar-refractivity contribution in [2.75, 3.05) is 5.32 Å². The van der Waals surface area contributed by atoms with E-state index in [1.165, 1.54) is 11.3 Å². The molecule has 1 aromatic carbocycles. The highest BCUT2D eigenvalue weighted by Crippen LogP contribution is 2.26. The van der Waals surface area contributed by atoms with Crippen LogP contribution in [0.25, 0.3) is 0 Å². The molecule has 0 fully saturated rings. The Labute approximate surface area is 114 Å². The maximum atomic E-state index is 5.95. The van der Waals surface area contributed by atoms with Gasteiger partial charge in [-0.25, -0.2) is 4.98 Å². The van der Waals surface area contributed by atoms with Gasteiger partial charge in [-0.05, 0) is 25.1 Å². The van der Waals surface area contributed by atoms with E-state index >= 15 is 0 Å². The lowest BCUT2D eigenvalue weighted by molar-refractivity contribution is 1.26. The Morgan fingerprint density at radius 1 is 1.53 bits per heavy atom. The second-order valence-corrected chi connectivity index (χ2v) is 5.21. The van der Waals surface area contributed by atoms with Crippen LogP contribution in [-0.4, -0.2) is 9.97 Å². The summed E-state index contributed by atoms with van der Waals surface area (Å²) in [6.07, 6.45) is 0. The molecule has 0 bridgehead atoms. The minimum Gasteiger partial charge on any atom is -0.389 e. The number of aromatic nitrogens is 1. The molecule has 0 saturated carbocycles. The number of nitrogens with two attached hydrogens (primary N) is 1. The van der Waals surface area contributed by atoms with Crippen LogP contribution >= 0.6 is 35.2 Å². The summed E-state index contributed by atoms with van der Waals surface area (Å²) < 4.78 is 0. The Morgan fingerprint density at radius 3 is 2.88 bits per heavy atom. The van der Waals surface area contributed by atoms with E-state index in [2.05, 4.69) is 10.3 Å². The first-order chi connectivity index (χ1) is 8.06. The largest absolute Gasteiger partial charge is 0.389 e. The number of rotatable bonds is 3. The van der Waals surface area contributed by atoms with Crippen molar-refractivity contribution in [3.63, 3.8) is 0 Å². The van der Waals surface area contributed by atoms with Gasteiger partial charge < -0.3 is 11.1 Å². The third-order valence-electron chi connectivity index (χ3n) is 2.11. The molecule has 0 radical (unpaired) electrons. The van der Waals surface area contributed by atoms with Crippen molar-refractivity contribution in [2.24, 2.45) is 5.73 Å². The summed E-state index contributed by atoms with van der Waals surface area (Å²) in [6, 6.07) is 5.34. The SMILES string of the molecule is Cc1csc(Nc2cc(Cl)ccc2C(N)=S)n1. The highest BCUT2D eigenvalue weighted by Gasteiger charge is 2.08. The standard InChI is InChI=1S/C11H10ClN3S2/c1-6-5-17-11(14-6)15-9-4-7(12)2-3-8(9)10(13)16/h2-5H,1H3,(H2,13,16)(H,14,15). The summed E-state index contributed by atoms with van der Waals surface area (Å²) in [4.78, 5) is 4.65. The fraction of sp³-hybridized carbons (Fsp3) is 0.0909. The maximum absolute atomic E-state index is 5.95. The first kappa shape index (κ1) is 12.3. The number of nitrogens with zero attached hydrogens (tertiary/aromatic N) is 1. The van der Waals surface area contributed by atoms with Crippen molar-refractivity contribution in [1.29, 1.82) is 0 Å². The molecule has 3 N–H and O–H groups in total. The molecule has 1 heterocycles. The molecule has 0 amide bonds. The number of hydrogen-bond donors (Lipinski definition) is 2. The molecule has 0 atom stereocenters. The molecule has 0 aliphatic carbocycles. The molecule has 0 saturated heterocycles. The summed E-state index contributed by atoms with van der Waals surface area (Å²) in [7, 11) is 0. The zero-order valence-electron chi connectivity index (χ0n) is 9.03. The number of hydrogen-bond acceptors (Lipinski definition) is 4. The smallest absolute Gasteiger partial charge is 0.187 e. The molecule has 3 nitrogen and oxygen atoms in total. The number of benzene rings is 1. The Bertz CT molecular complexity index is 566. The van der Waals surface area contributed by atoms with E-state index in [9.17, 15) is 0 Å². The molecular weight excluding hydrogens is 274 g/mol. The van der Waals surface area contributed by atoms with Gasteiger partial charge in [-0.1, -0.05) is 23.8 Å². The molecule has 1 aromatic heterocycles. The van der Waals surface area contributed by atoms with Gasteiger partial charge in [0.2, 0.25) is 0 Å². The first-order valence-electron chi connectivity index (χ1n) is 4.85. The van der Waals surface area contributed by atoms with E-state index in [0.717, 1.165) is 22.1 Å². The van der Waals surface area contributed by atoms with Crippen LogP contribution in [0, 0.1) is 6.92 Å². The van der Waals surface area contributed by atoms with Crippen LogP contribution in [0.5, 0.6) is 0 Å². The molecule has 2 aromatic rings. The predicted molar refractivity (Wildman–Crippen MR) is 77.5 cm³/mol. The summed E-state index contributed by atoms with van der Waals surface area (Å²) >= 11 is 12.5. The van der Waals surface area contributed by atoms with Gasteiger partial charge in [0.1, 0.15) is 4.99 Å². The van der Waals surface area contributed by atoms with Gasteiger partial charge in [0, 0.05) is 16.0 Å². The van der Waals surface area contributed by atoms with E-state index < -0.39 is 0 Å². The normalized spacial score (nSPS) is 10.2. The molecule has 0 unspecified atom stereocenters. The Hall–Kier alpha value is -1.17. The average molecular weight is 284 g/mol. The Morgan fingerprint density at radius 2 is 2.29 bits per heavy atom. The van der Waals surface area contributed by atoms with Crippen LogP contribution < -0.4 is 11.1 Å². The minimum absolute atomic E-state index is 0.331. The number of anilines is 2. The molecule has 0 aliphatic rings. The van der Waals surface area contributed by atoms with E-state index in [1.54, 1.807) is 18.2 Å². The quantitative estimate of drug-likeness (QED) is 0.847. The zero-order valence-corrected chi connectivity index (χ0v) is 11.4. The van der Waals surface area contributed by atoms with Crippen molar-refractivity contribution in [3.05, 3.63) is 39.9 Å². The fourth-order valence-corrected chi connectivity index (χ4v) is 2.41. The van der Waals surface area contributed by atoms with Crippen LogP contribution in [0.1, 0.15) is 11.3 Å². The monoisotopic (exact) mass is 283 g/mol. The second kappa shape index (κ2) is 5.00. The van der Waals surface area contributed by atoms with Crippen molar-refractivity contribution in [1.82, 2.24) is 4.98 Å². The second-order valence-electron chi connectivity index (χ2n) is 3.47. The minimum atomic E-state index is 0.331. The lowest BCUT2D eigenvalue weighted by Gasteiger charge is -2.09. The van der Waals surface area contributed by atoms with Crippen molar-refractivity contribution in [2.45, 2.75) is 6.92 Å². The first-order valence-corrected chi connectivity index (χ1v) is 6.51. The van der Waals surface area contributed by atoms with Gasteiger partial charge in [0.15, 0.2) is 5.13 Å². The van der Waals surface area contributed by atoms with Crippen molar-refractivity contribution >= 4 is 51.0 Å². The molecule has 6 heteroatoms.